The first-order valence-electron chi connectivity index (χ1n) is 13.5. The van der Waals surface area contributed by atoms with Crippen molar-refractivity contribution in [3.05, 3.63) is 138 Å². The predicted molar refractivity (Wildman–Crippen MR) is 151 cm³/mol. The second kappa shape index (κ2) is 10.4. The van der Waals surface area contributed by atoms with Gasteiger partial charge in [-0.05, 0) is 54.6 Å². The van der Waals surface area contributed by atoms with E-state index >= 15 is 0 Å². The van der Waals surface area contributed by atoms with Gasteiger partial charge in [0.05, 0.1) is 0 Å². The van der Waals surface area contributed by atoms with E-state index in [0.29, 0.717) is 11.7 Å². The molecule has 0 radical (unpaired) electrons. The highest BCUT2D eigenvalue weighted by molar-refractivity contribution is 6.14. The fraction of sp³-hybridized carbons (Fsp3) is 0.265. The Morgan fingerprint density at radius 1 is 0.676 bits per heavy atom. The lowest BCUT2D eigenvalue weighted by Gasteiger charge is -2.45. The molecule has 37 heavy (non-hydrogen) atoms. The summed E-state index contributed by atoms with van der Waals surface area (Å²) in [7, 11) is 0. The van der Waals surface area contributed by atoms with E-state index in [2.05, 4.69) is 113 Å². The molecule has 1 fully saturated rings. The molecule has 0 aliphatic carbocycles. The minimum absolute atomic E-state index is 0.310. The number of para-hydroxylation sites is 1. The van der Waals surface area contributed by atoms with Crippen LogP contribution in [0.1, 0.15) is 52.2 Å². The standard InChI is InChI=1S/C34H34N2O/c37-33-31-18-10-11-19-32(31)36(26-27-12-4-1-5-13-27)34(33)21-24-35(25-22-34)23-20-30(28-14-6-2-7-15-28)29-16-8-3-9-17-29/h1-19,30H,20-26H2. The highest BCUT2D eigenvalue weighted by Crippen LogP contribution is 2.45. The maximum absolute atomic E-state index is 13.9. The van der Waals surface area contributed by atoms with Gasteiger partial charge in [0.1, 0.15) is 5.54 Å². The highest BCUT2D eigenvalue weighted by atomic mass is 16.1. The van der Waals surface area contributed by atoms with Crippen molar-refractivity contribution in [2.24, 2.45) is 0 Å². The third-order valence-corrected chi connectivity index (χ3v) is 8.38. The summed E-state index contributed by atoms with van der Waals surface area (Å²) in [5.74, 6) is 0.690. The number of anilines is 1. The van der Waals surface area contributed by atoms with Crippen LogP contribution in [0.2, 0.25) is 0 Å². The van der Waals surface area contributed by atoms with Gasteiger partial charge in [-0.3, -0.25) is 4.79 Å². The Labute approximate surface area is 220 Å². The van der Waals surface area contributed by atoms with Crippen LogP contribution in [0.3, 0.4) is 0 Å². The fourth-order valence-electron chi connectivity index (χ4n) is 6.36. The van der Waals surface area contributed by atoms with Crippen molar-refractivity contribution in [1.29, 1.82) is 0 Å². The van der Waals surface area contributed by atoms with Crippen molar-refractivity contribution in [1.82, 2.24) is 4.90 Å². The number of likely N-dealkylation sites (tertiary alicyclic amines) is 1. The molecular weight excluding hydrogens is 452 g/mol. The molecule has 0 saturated carbocycles. The van der Waals surface area contributed by atoms with Crippen LogP contribution >= 0.6 is 0 Å². The Hall–Kier alpha value is -3.69. The van der Waals surface area contributed by atoms with Crippen LogP contribution < -0.4 is 4.90 Å². The zero-order valence-electron chi connectivity index (χ0n) is 21.3. The number of fused-ring (bicyclic) bond motifs is 1. The lowest BCUT2D eigenvalue weighted by Crippen LogP contribution is -2.57. The number of ketones is 1. The molecule has 4 aromatic carbocycles. The first kappa shape index (κ1) is 23.7. The van der Waals surface area contributed by atoms with Gasteiger partial charge in [-0.15, -0.1) is 0 Å². The molecule has 0 unspecified atom stereocenters. The van der Waals surface area contributed by atoms with Crippen molar-refractivity contribution in [3.8, 4) is 0 Å². The molecule has 3 heteroatoms. The second-order valence-electron chi connectivity index (χ2n) is 10.5. The average molecular weight is 487 g/mol. The largest absolute Gasteiger partial charge is 0.353 e. The number of hydrogen-bond acceptors (Lipinski definition) is 3. The summed E-state index contributed by atoms with van der Waals surface area (Å²) in [5, 5.41) is 0. The third kappa shape index (κ3) is 4.60. The van der Waals surface area contributed by atoms with Gasteiger partial charge in [0.2, 0.25) is 0 Å². The normalized spacial score (nSPS) is 16.9. The van der Waals surface area contributed by atoms with Crippen LogP contribution in [0.5, 0.6) is 0 Å². The number of nitrogens with zero attached hydrogens (tertiary/aromatic N) is 2. The molecule has 4 aromatic rings. The zero-order valence-corrected chi connectivity index (χ0v) is 21.3. The summed E-state index contributed by atoms with van der Waals surface area (Å²) in [6, 6.07) is 40.5. The van der Waals surface area contributed by atoms with Crippen molar-refractivity contribution >= 4 is 11.5 Å². The Bertz CT molecular complexity index is 1290. The minimum atomic E-state index is -0.436. The maximum atomic E-state index is 13.9. The van der Waals surface area contributed by atoms with E-state index in [0.717, 1.165) is 56.7 Å². The molecular formula is C34H34N2O. The molecule has 6 rings (SSSR count). The van der Waals surface area contributed by atoms with Crippen molar-refractivity contribution in [2.75, 3.05) is 24.5 Å². The number of rotatable bonds is 7. The van der Waals surface area contributed by atoms with Crippen LogP contribution in [0, 0.1) is 0 Å². The number of Topliss-reactive ketones (excluding diaryl/α,β-unsaturated/α-hetero) is 1. The quantitative estimate of drug-likeness (QED) is 0.282. The first-order chi connectivity index (χ1) is 18.2. The first-order valence-corrected chi connectivity index (χ1v) is 13.5. The van der Waals surface area contributed by atoms with Gasteiger partial charge in [0, 0.05) is 36.8 Å². The smallest absolute Gasteiger partial charge is 0.190 e. The summed E-state index contributed by atoms with van der Waals surface area (Å²) in [6.45, 7) is 3.70. The summed E-state index contributed by atoms with van der Waals surface area (Å²) >= 11 is 0. The molecule has 0 N–H and O–H groups in total. The van der Waals surface area contributed by atoms with Crippen LogP contribution in [-0.4, -0.2) is 35.9 Å². The van der Waals surface area contributed by atoms with Crippen LogP contribution in [0.15, 0.2) is 115 Å². The molecule has 186 valence electrons. The summed E-state index contributed by atoms with van der Waals surface area (Å²) in [6.07, 6.45) is 2.81. The molecule has 2 aliphatic heterocycles. The van der Waals surface area contributed by atoms with Gasteiger partial charge >= 0.3 is 0 Å². The van der Waals surface area contributed by atoms with E-state index in [1.807, 2.05) is 12.1 Å². The molecule has 0 atom stereocenters. The molecule has 1 spiro atoms. The molecule has 0 bridgehead atoms. The molecule has 0 amide bonds. The Balaban J connectivity index is 1.19. The van der Waals surface area contributed by atoms with Gasteiger partial charge in [-0.25, -0.2) is 0 Å². The molecule has 2 aliphatic rings. The summed E-state index contributed by atoms with van der Waals surface area (Å²) in [5.41, 5.74) is 5.55. The van der Waals surface area contributed by atoms with E-state index in [4.69, 9.17) is 0 Å². The van der Waals surface area contributed by atoms with Crippen molar-refractivity contribution in [3.63, 3.8) is 0 Å². The molecule has 1 saturated heterocycles. The van der Waals surface area contributed by atoms with E-state index < -0.39 is 5.54 Å². The van der Waals surface area contributed by atoms with Crippen molar-refractivity contribution < 1.29 is 4.79 Å². The Morgan fingerprint density at radius 2 is 1.22 bits per heavy atom. The van der Waals surface area contributed by atoms with Gasteiger partial charge in [-0.1, -0.05) is 103 Å². The van der Waals surface area contributed by atoms with Gasteiger partial charge in [0.15, 0.2) is 5.78 Å². The highest BCUT2D eigenvalue weighted by Gasteiger charge is 2.52. The number of carbonyl (C=O) groups excluding carboxylic acids is 1. The second-order valence-corrected chi connectivity index (χ2v) is 10.5. The summed E-state index contributed by atoms with van der Waals surface area (Å²) < 4.78 is 0. The average Bonchev–Trinajstić information content (AvgIpc) is 3.19. The molecule has 3 nitrogen and oxygen atoms in total. The van der Waals surface area contributed by atoms with E-state index in [1.54, 1.807) is 0 Å². The van der Waals surface area contributed by atoms with E-state index in [-0.39, 0.29) is 0 Å². The van der Waals surface area contributed by atoms with Crippen LogP contribution in [0.4, 0.5) is 5.69 Å². The zero-order chi connectivity index (χ0) is 25.1. The summed E-state index contributed by atoms with van der Waals surface area (Å²) in [4.78, 5) is 18.8. The number of piperidine rings is 1. The van der Waals surface area contributed by atoms with Gasteiger partial charge in [-0.2, -0.15) is 0 Å². The fourth-order valence-corrected chi connectivity index (χ4v) is 6.36. The van der Waals surface area contributed by atoms with Gasteiger partial charge < -0.3 is 9.80 Å². The van der Waals surface area contributed by atoms with Crippen LogP contribution in [-0.2, 0) is 6.54 Å². The number of carbonyl (C=O) groups is 1. The van der Waals surface area contributed by atoms with E-state index in [9.17, 15) is 4.79 Å². The molecule has 2 heterocycles. The Kier molecular flexibility index (Phi) is 6.63. The minimum Gasteiger partial charge on any atom is -0.353 e. The lowest BCUT2D eigenvalue weighted by molar-refractivity contribution is 0.0789. The lowest BCUT2D eigenvalue weighted by atomic mass is 9.82. The third-order valence-electron chi connectivity index (χ3n) is 8.38. The number of benzene rings is 4. The predicted octanol–water partition coefficient (Wildman–Crippen LogP) is 6.95. The van der Waals surface area contributed by atoms with Gasteiger partial charge in [0.25, 0.3) is 0 Å². The number of hydrogen-bond donors (Lipinski definition) is 0. The SMILES string of the molecule is O=C1c2ccccc2N(Cc2ccccc2)C12CCN(CCC(c1ccccc1)c1ccccc1)CC2. The topological polar surface area (TPSA) is 23.6 Å². The van der Waals surface area contributed by atoms with Crippen LogP contribution in [0.25, 0.3) is 0 Å². The van der Waals surface area contributed by atoms with Crippen molar-refractivity contribution in [2.45, 2.75) is 37.3 Å². The monoisotopic (exact) mass is 486 g/mol. The maximum Gasteiger partial charge on any atom is 0.190 e. The Morgan fingerprint density at radius 3 is 1.84 bits per heavy atom. The molecule has 0 aromatic heterocycles. The van der Waals surface area contributed by atoms with E-state index in [1.165, 1.54) is 16.7 Å².